The fraction of sp³-hybridized carbons (Fsp3) is 0.167. The quantitative estimate of drug-likeness (QED) is 0.696. The Morgan fingerprint density at radius 3 is 2.53 bits per heavy atom. The van der Waals surface area contributed by atoms with Crippen LogP contribution in [-0.2, 0) is 7.05 Å². The third kappa shape index (κ3) is 1.81. The highest BCUT2D eigenvalue weighted by Gasteiger charge is 2.08. The Labute approximate surface area is 88.4 Å². The van der Waals surface area contributed by atoms with Crippen molar-refractivity contribution in [2.24, 2.45) is 7.05 Å². The van der Waals surface area contributed by atoms with E-state index >= 15 is 0 Å². The van der Waals surface area contributed by atoms with Gasteiger partial charge in [0.2, 0.25) is 0 Å². The standard InChI is InChI=1S/C12H12N2O/c1-9-3-5-10(6-4-9)11-7-14(2)13-12(11)8-15/h3-8H,1-2H3. The zero-order chi connectivity index (χ0) is 10.8. The molecule has 0 aliphatic heterocycles. The van der Waals surface area contributed by atoms with Crippen LogP contribution >= 0.6 is 0 Å². The zero-order valence-electron chi connectivity index (χ0n) is 8.77. The van der Waals surface area contributed by atoms with Gasteiger partial charge < -0.3 is 0 Å². The van der Waals surface area contributed by atoms with Crippen LogP contribution in [0.1, 0.15) is 16.1 Å². The zero-order valence-corrected chi connectivity index (χ0v) is 8.77. The van der Waals surface area contributed by atoms with Gasteiger partial charge in [-0.25, -0.2) is 0 Å². The summed E-state index contributed by atoms with van der Waals surface area (Å²) in [5.41, 5.74) is 3.60. The lowest BCUT2D eigenvalue weighted by molar-refractivity contribution is 0.111. The SMILES string of the molecule is Cc1ccc(-c2cn(C)nc2C=O)cc1. The smallest absolute Gasteiger partial charge is 0.170 e. The van der Waals surface area contributed by atoms with E-state index in [-0.39, 0.29) is 0 Å². The van der Waals surface area contributed by atoms with E-state index in [0.717, 1.165) is 17.4 Å². The van der Waals surface area contributed by atoms with Crippen LogP contribution in [0, 0.1) is 6.92 Å². The Bertz CT molecular complexity index is 483. The van der Waals surface area contributed by atoms with Crippen molar-refractivity contribution in [3.05, 3.63) is 41.7 Å². The van der Waals surface area contributed by atoms with E-state index < -0.39 is 0 Å². The van der Waals surface area contributed by atoms with E-state index in [1.54, 1.807) is 4.68 Å². The molecule has 0 aliphatic carbocycles. The van der Waals surface area contributed by atoms with Gasteiger partial charge >= 0.3 is 0 Å². The van der Waals surface area contributed by atoms with E-state index in [0.29, 0.717) is 5.69 Å². The Morgan fingerprint density at radius 1 is 1.27 bits per heavy atom. The first kappa shape index (κ1) is 9.65. The van der Waals surface area contributed by atoms with Crippen LogP contribution in [0.25, 0.3) is 11.1 Å². The summed E-state index contributed by atoms with van der Waals surface area (Å²) in [7, 11) is 1.81. The van der Waals surface area contributed by atoms with Crippen molar-refractivity contribution in [2.75, 3.05) is 0 Å². The second-order valence-corrected chi connectivity index (χ2v) is 3.59. The van der Waals surface area contributed by atoms with Crippen LogP contribution in [0.3, 0.4) is 0 Å². The van der Waals surface area contributed by atoms with Gasteiger partial charge in [0.1, 0.15) is 5.69 Å². The Hall–Kier alpha value is -1.90. The largest absolute Gasteiger partial charge is 0.296 e. The number of hydrogen-bond acceptors (Lipinski definition) is 2. The molecular weight excluding hydrogens is 188 g/mol. The summed E-state index contributed by atoms with van der Waals surface area (Å²) in [5, 5.41) is 4.08. The van der Waals surface area contributed by atoms with Gasteiger partial charge in [-0.3, -0.25) is 9.48 Å². The molecule has 2 rings (SSSR count). The Kier molecular flexibility index (Phi) is 2.37. The van der Waals surface area contributed by atoms with Gasteiger partial charge in [-0.1, -0.05) is 29.8 Å². The number of benzene rings is 1. The molecule has 0 N–H and O–H groups in total. The van der Waals surface area contributed by atoms with Crippen LogP contribution in [0.5, 0.6) is 0 Å². The van der Waals surface area contributed by atoms with Gasteiger partial charge in [0.15, 0.2) is 6.29 Å². The number of carbonyl (C=O) groups excluding carboxylic acids is 1. The van der Waals surface area contributed by atoms with E-state index in [2.05, 4.69) is 5.10 Å². The van der Waals surface area contributed by atoms with Gasteiger partial charge in [-0.05, 0) is 12.5 Å². The van der Waals surface area contributed by atoms with E-state index in [9.17, 15) is 4.79 Å². The van der Waals surface area contributed by atoms with Crippen LogP contribution in [0.4, 0.5) is 0 Å². The summed E-state index contributed by atoms with van der Waals surface area (Å²) in [4.78, 5) is 10.8. The maximum Gasteiger partial charge on any atom is 0.170 e. The normalized spacial score (nSPS) is 10.3. The molecule has 15 heavy (non-hydrogen) atoms. The lowest BCUT2D eigenvalue weighted by Crippen LogP contribution is -1.89. The summed E-state index contributed by atoms with van der Waals surface area (Å²) in [6, 6.07) is 8.05. The van der Waals surface area contributed by atoms with E-state index in [1.165, 1.54) is 5.56 Å². The van der Waals surface area contributed by atoms with Gasteiger partial charge in [0, 0.05) is 18.8 Å². The third-order valence-electron chi connectivity index (χ3n) is 2.33. The molecule has 0 fully saturated rings. The first-order chi connectivity index (χ1) is 7.20. The molecule has 3 heteroatoms. The maximum absolute atomic E-state index is 10.8. The fourth-order valence-corrected chi connectivity index (χ4v) is 1.55. The van der Waals surface area contributed by atoms with Crippen molar-refractivity contribution in [2.45, 2.75) is 6.92 Å². The molecule has 3 nitrogen and oxygen atoms in total. The lowest BCUT2D eigenvalue weighted by atomic mass is 10.1. The first-order valence-electron chi connectivity index (χ1n) is 4.76. The highest BCUT2D eigenvalue weighted by molar-refractivity contribution is 5.84. The van der Waals surface area contributed by atoms with Crippen molar-refractivity contribution in [3.63, 3.8) is 0 Å². The van der Waals surface area contributed by atoms with Crippen LogP contribution in [0.2, 0.25) is 0 Å². The number of rotatable bonds is 2. The van der Waals surface area contributed by atoms with Crippen LogP contribution in [-0.4, -0.2) is 16.1 Å². The molecule has 0 saturated heterocycles. The van der Waals surface area contributed by atoms with Crippen LogP contribution < -0.4 is 0 Å². The number of nitrogens with zero attached hydrogens (tertiary/aromatic N) is 2. The number of carbonyl (C=O) groups is 1. The number of aromatic nitrogens is 2. The predicted octanol–water partition coefficient (Wildman–Crippen LogP) is 2.21. The summed E-state index contributed by atoms with van der Waals surface area (Å²) >= 11 is 0. The average molecular weight is 200 g/mol. The molecule has 0 atom stereocenters. The molecule has 1 aromatic heterocycles. The van der Waals surface area contributed by atoms with Crippen LogP contribution in [0.15, 0.2) is 30.5 Å². The van der Waals surface area contributed by atoms with Crippen molar-refractivity contribution in [3.8, 4) is 11.1 Å². The molecule has 0 bridgehead atoms. The summed E-state index contributed by atoms with van der Waals surface area (Å²) in [5.74, 6) is 0. The molecular formula is C12H12N2O. The maximum atomic E-state index is 10.8. The number of aryl methyl sites for hydroxylation is 2. The molecule has 0 aliphatic rings. The lowest BCUT2D eigenvalue weighted by Gasteiger charge is -1.98. The summed E-state index contributed by atoms with van der Waals surface area (Å²) < 4.78 is 1.65. The minimum Gasteiger partial charge on any atom is -0.296 e. The first-order valence-corrected chi connectivity index (χ1v) is 4.76. The molecule has 76 valence electrons. The van der Waals surface area contributed by atoms with Gasteiger partial charge in [0.25, 0.3) is 0 Å². The monoisotopic (exact) mass is 200 g/mol. The Morgan fingerprint density at radius 2 is 1.93 bits per heavy atom. The second kappa shape index (κ2) is 3.69. The summed E-state index contributed by atoms with van der Waals surface area (Å²) in [6.45, 7) is 2.04. The molecule has 1 aromatic carbocycles. The fourth-order valence-electron chi connectivity index (χ4n) is 1.55. The van der Waals surface area contributed by atoms with Crippen molar-refractivity contribution in [1.29, 1.82) is 0 Å². The topological polar surface area (TPSA) is 34.9 Å². The highest BCUT2D eigenvalue weighted by atomic mass is 16.1. The third-order valence-corrected chi connectivity index (χ3v) is 2.33. The van der Waals surface area contributed by atoms with Gasteiger partial charge in [-0.2, -0.15) is 5.10 Å². The van der Waals surface area contributed by atoms with E-state index in [4.69, 9.17) is 0 Å². The second-order valence-electron chi connectivity index (χ2n) is 3.59. The minimum absolute atomic E-state index is 0.487. The average Bonchev–Trinajstić information content (AvgIpc) is 2.61. The number of aldehydes is 1. The molecule has 0 spiro atoms. The predicted molar refractivity (Wildman–Crippen MR) is 58.8 cm³/mol. The van der Waals surface area contributed by atoms with Gasteiger partial charge in [0.05, 0.1) is 0 Å². The number of hydrogen-bond donors (Lipinski definition) is 0. The Balaban J connectivity index is 2.52. The molecule has 0 radical (unpaired) electrons. The highest BCUT2D eigenvalue weighted by Crippen LogP contribution is 2.21. The van der Waals surface area contributed by atoms with E-state index in [1.807, 2.05) is 44.4 Å². The molecule has 0 saturated carbocycles. The minimum atomic E-state index is 0.487. The molecule has 0 amide bonds. The molecule has 2 aromatic rings. The van der Waals surface area contributed by atoms with Crippen molar-refractivity contribution < 1.29 is 4.79 Å². The van der Waals surface area contributed by atoms with Crippen molar-refractivity contribution in [1.82, 2.24) is 9.78 Å². The molecule has 1 heterocycles. The summed E-state index contributed by atoms with van der Waals surface area (Å²) in [6.07, 6.45) is 2.64. The van der Waals surface area contributed by atoms with Gasteiger partial charge in [-0.15, -0.1) is 0 Å². The van der Waals surface area contributed by atoms with Crippen molar-refractivity contribution >= 4 is 6.29 Å². The molecule has 0 unspecified atom stereocenters.